The van der Waals surface area contributed by atoms with E-state index in [1.165, 1.54) is 12.1 Å². The van der Waals surface area contributed by atoms with Crippen LogP contribution < -0.4 is 5.73 Å². The van der Waals surface area contributed by atoms with Gasteiger partial charge in [0.1, 0.15) is 5.82 Å². The number of carbonyl (C=O) groups is 1. The van der Waals surface area contributed by atoms with Crippen molar-refractivity contribution in [1.82, 2.24) is 0 Å². The topological polar surface area (TPSA) is 63.3 Å². The Balaban J connectivity index is 0.000000487. The van der Waals surface area contributed by atoms with Crippen molar-refractivity contribution in [3.8, 4) is 0 Å². The number of aryl methyl sites for hydroxylation is 1. The molecule has 16 heavy (non-hydrogen) atoms. The van der Waals surface area contributed by atoms with Gasteiger partial charge in [0.05, 0.1) is 0 Å². The second kappa shape index (κ2) is 7.82. The van der Waals surface area contributed by atoms with Crippen LogP contribution in [0.25, 0.3) is 0 Å². The molecule has 0 heterocycles. The van der Waals surface area contributed by atoms with Gasteiger partial charge < -0.3 is 10.8 Å². The molecule has 0 radical (unpaired) electrons. The van der Waals surface area contributed by atoms with Crippen LogP contribution in [0, 0.1) is 5.82 Å². The molecule has 0 aliphatic rings. The molecule has 1 rings (SSSR count). The predicted molar refractivity (Wildman–Crippen MR) is 61.7 cm³/mol. The van der Waals surface area contributed by atoms with Crippen LogP contribution >= 0.6 is 0 Å². The summed E-state index contributed by atoms with van der Waals surface area (Å²) in [6, 6.07) is 6.19. The molecule has 0 aliphatic carbocycles. The first kappa shape index (κ1) is 14.6. The third kappa shape index (κ3) is 9.15. The number of aliphatic carboxylic acids is 1. The lowest BCUT2D eigenvalue weighted by atomic mass is 10.1. The minimum absolute atomic E-state index is 0.0889. The zero-order valence-electron chi connectivity index (χ0n) is 9.61. The first-order valence-electron chi connectivity index (χ1n) is 5.13. The Morgan fingerprint density at radius 3 is 2.19 bits per heavy atom. The van der Waals surface area contributed by atoms with Crippen molar-refractivity contribution in [3.63, 3.8) is 0 Å². The SMILES string of the molecule is CC(C)N.O=C(O)CCc1ccc(F)cc1. The summed E-state index contributed by atoms with van der Waals surface area (Å²) in [7, 11) is 0. The first-order chi connectivity index (χ1) is 7.41. The van der Waals surface area contributed by atoms with Gasteiger partial charge in [-0.25, -0.2) is 4.39 Å². The van der Waals surface area contributed by atoms with Crippen LogP contribution in [0.5, 0.6) is 0 Å². The summed E-state index contributed by atoms with van der Waals surface area (Å²) in [6.07, 6.45) is 0.543. The molecule has 0 atom stereocenters. The van der Waals surface area contributed by atoms with E-state index in [4.69, 9.17) is 10.8 Å². The number of carboxylic acid groups (broad SMARTS) is 1. The summed E-state index contributed by atoms with van der Waals surface area (Å²) in [5.41, 5.74) is 5.96. The third-order valence-electron chi connectivity index (χ3n) is 1.54. The van der Waals surface area contributed by atoms with Crippen LogP contribution in [0.1, 0.15) is 25.8 Å². The predicted octanol–water partition coefficient (Wildman–Crippen LogP) is 2.20. The molecule has 1 aromatic rings. The Bertz CT molecular complexity index is 307. The molecular formula is C12H18FNO2. The van der Waals surface area contributed by atoms with E-state index in [0.717, 1.165) is 5.56 Å². The van der Waals surface area contributed by atoms with E-state index in [9.17, 15) is 9.18 Å². The zero-order chi connectivity index (χ0) is 12.6. The first-order valence-corrected chi connectivity index (χ1v) is 5.13. The molecule has 0 bridgehead atoms. The summed E-state index contributed by atoms with van der Waals surface area (Å²) < 4.78 is 12.4. The molecule has 90 valence electrons. The van der Waals surface area contributed by atoms with Gasteiger partial charge in [0, 0.05) is 6.42 Å². The summed E-state index contributed by atoms with van der Waals surface area (Å²) in [6.45, 7) is 3.89. The van der Waals surface area contributed by atoms with E-state index in [0.29, 0.717) is 12.5 Å². The fourth-order valence-electron chi connectivity index (χ4n) is 0.902. The number of carboxylic acids is 1. The number of benzene rings is 1. The van der Waals surface area contributed by atoms with Crippen LogP contribution in [0.3, 0.4) is 0 Å². The van der Waals surface area contributed by atoms with Crippen molar-refractivity contribution in [2.24, 2.45) is 5.73 Å². The molecule has 0 spiro atoms. The van der Waals surface area contributed by atoms with E-state index in [2.05, 4.69) is 0 Å². The molecule has 4 heteroatoms. The van der Waals surface area contributed by atoms with Crippen molar-refractivity contribution in [3.05, 3.63) is 35.6 Å². The maximum Gasteiger partial charge on any atom is 0.303 e. The van der Waals surface area contributed by atoms with Gasteiger partial charge in [-0.2, -0.15) is 0 Å². The highest BCUT2D eigenvalue weighted by Crippen LogP contribution is 2.04. The average Bonchev–Trinajstić information content (AvgIpc) is 2.16. The number of rotatable bonds is 3. The fourth-order valence-corrected chi connectivity index (χ4v) is 0.902. The molecule has 0 saturated heterocycles. The summed E-state index contributed by atoms with van der Waals surface area (Å²) >= 11 is 0. The van der Waals surface area contributed by atoms with Gasteiger partial charge in [0.15, 0.2) is 0 Å². The second-order valence-corrected chi connectivity index (χ2v) is 3.76. The maximum atomic E-state index is 12.4. The highest BCUT2D eigenvalue weighted by molar-refractivity contribution is 5.67. The normalized spacial score (nSPS) is 9.56. The van der Waals surface area contributed by atoms with E-state index in [1.54, 1.807) is 12.1 Å². The van der Waals surface area contributed by atoms with Crippen molar-refractivity contribution in [1.29, 1.82) is 0 Å². The molecule has 1 aromatic carbocycles. The molecule has 0 aromatic heterocycles. The Morgan fingerprint density at radius 2 is 1.81 bits per heavy atom. The van der Waals surface area contributed by atoms with E-state index >= 15 is 0 Å². The van der Waals surface area contributed by atoms with Crippen LogP contribution in [0.2, 0.25) is 0 Å². The fraction of sp³-hybridized carbons (Fsp3) is 0.417. The number of hydrogen-bond acceptors (Lipinski definition) is 2. The third-order valence-corrected chi connectivity index (χ3v) is 1.54. The van der Waals surface area contributed by atoms with Crippen molar-refractivity contribution < 1.29 is 14.3 Å². The lowest BCUT2D eigenvalue weighted by molar-refractivity contribution is -0.136. The highest BCUT2D eigenvalue weighted by atomic mass is 19.1. The minimum atomic E-state index is -0.834. The van der Waals surface area contributed by atoms with Gasteiger partial charge in [-0.05, 0) is 30.2 Å². The Morgan fingerprint density at radius 1 is 1.38 bits per heavy atom. The van der Waals surface area contributed by atoms with Crippen molar-refractivity contribution in [2.75, 3.05) is 0 Å². The van der Waals surface area contributed by atoms with E-state index in [1.807, 2.05) is 13.8 Å². The van der Waals surface area contributed by atoms with Crippen LogP contribution in [0.15, 0.2) is 24.3 Å². The average molecular weight is 227 g/mol. The van der Waals surface area contributed by atoms with Crippen LogP contribution in [0.4, 0.5) is 4.39 Å². The summed E-state index contributed by atoms with van der Waals surface area (Å²) in [5.74, 6) is -1.13. The van der Waals surface area contributed by atoms with Gasteiger partial charge >= 0.3 is 5.97 Å². The van der Waals surface area contributed by atoms with E-state index < -0.39 is 5.97 Å². The smallest absolute Gasteiger partial charge is 0.303 e. The molecule has 3 N–H and O–H groups in total. The van der Waals surface area contributed by atoms with Crippen molar-refractivity contribution in [2.45, 2.75) is 32.7 Å². The Hall–Kier alpha value is -1.42. The molecular weight excluding hydrogens is 209 g/mol. The lowest BCUT2D eigenvalue weighted by Gasteiger charge is -1.96. The maximum absolute atomic E-state index is 12.4. The van der Waals surface area contributed by atoms with E-state index in [-0.39, 0.29) is 12.2 Å². The molecule has 3 nitrogen and oxygen atoms in total. The Labute approximate surface area is 95.1 Å². The number of nitrogens with two attached hydrogens (primary N) is 1. The van der Waals surface area contributed by atoms with Gasteiger partial charge in [-0.1, -0.05) is 26.0 Å². The standard InChI is InChI=1S/C9H9FO2.C3H9N/c10-8-4-1-7(2-5-8)3-6-9(11)12;1-3(2)4/h1-2,4-5H,3,6H2,(H,11,12);3H,4H2,1-2H3. The molecule has 0 saturated carbocycles. The summed E-state index contributed by atoms with van der Waals surface area (Å²) in [4.78, 5) is 10.2. The van der Waals surface area contributed by atoms with Crippen LogP contribution in [-0.4, -0.2) is 17.1 Å². The molecule has 0 fully saturated rings. The van der Waals surface area contributed by atoms with Gasteiger partial charge in [-0.3, -0.25) is 4.79 Å². The Kier molecular flexibility index (Phi) is 7.12. The number of halogens is 1. The van der Waals surface area contributed by atoms with Gasteiger partial charge in [-0.15, -0.1) is 0 Å². The molecule has 0 unspecified atom stereocenters. The number of hydrogen-bond donors (Lipinski definition) is 2. The zero-order valence-corrected chi connectivity index (χ0v) is 9.61. The second-order valence-electron chi connectivity index (χ2n) is 3.76. The monoisotopic (exact) mass is 227 g/mol. The summed E-state index contributed by atoms with van der Waals surface area (Å²) in [5, 5.41) is 8.36. The van der Waals surface area contributed by atoms with Crippen molar-refractivity contribution >= 4 is 5.97 Å². The van der Waals surface area contributed by atoms with Gasteiger partial charge in [0.2, 0.25) is 0 Å². The quantitative estimate of drug-likeness (QED) is 0.832. The van der Waals surface area contributed by atoms with Crippen LogP contribution in [-0.2, 0) is 11.2 Å². The highest BCUT2D eigenvalue weighted by Gasteiger charge is 1.98. The molecule has 0 aliphatic heterocycles. The van der Waals surface area contributed by atoms with Gasteiger partial charge in [0.25, 0.3) is 0 Å². The molecule has 0 amide bonds. The minimum Gasteiger partial charge on any atom is -0.481 e. The lowest BCUT2D eigenvalue weighted by Crippen LogP contribution is -2.06. The largest absolute Gasteiger partial charge is 0.481 e.